The van der Waals surface area contributed by atoms with Crippen LogP contribution >= 0.6 is 27.5 Å². The first-order chi connectivity index (χ1) is 10.8. The fourth-order valence-electron chi connectivity index (χ4n) is 2.12. The van der Waals surface area contributed by atoms with Crippen LogP contribution < -0.4 is 4.74 Å². The van der Waals surface area contributed by atoms with Gasteiger partial charge >= 0.3 is 6.36 Å². The molecular weight excluding hydrogens is 397 g/mol. The predicted octanol–water partition coefficient (Wildman–Crippen LogP) is 5.61. The molecule has 23 heavy (non-hydrogen) atoms. The summed E-state index contributed by atoms with van der Waals surface area (Å²) in [5, 5.41) is 0.434. The quantitative estimate of drug-likeness (QED) is 0.558. The van der Waals surface area contributed by atoms with E-state index in [-0.39, 0.29) is 5.75 Å². The van der Waals surface area contributed by atoms with Crippen LogP contribution in [-0.2, 0) is 0 Å². The Bertz CT molecular complexity index is 869. The smallest absolute Gasteiger partial charge is 0.406 e. The molecule has 0 bridgehead atoms. The molecule has 0 aliphatic heterocycles. The van der Waals surface area contributed by atoms with Gasteiger partial charge < -0.3 is 4.74 Å². The summed E-state index contributed by atoms with van der Waals surface area (Å²) in [7, 11) is 0. The number of ether oxygens (including phenoxy) is 1. The monoisotopic (exact) mass is 402 g/mol. The summed E-state index contributed by atoms with van der Waals surface area (Å²) < 4.78 is 41.1. The molecule has 0 saturated heterocycles. The van der Waals surface area contributed by atoms with Gasteiger partial charge in [-0.25, -0.2) is 0 Å². The van der Waals surface area contributed by atoms with Gasteiger partial charge in [0.2, 0.25) is 0 Å². The molecule has 3 rings (SSSR count). The Balaban J connectivity index is 2.09. The van der Waals surface area contributed by atoms with Gasteiger partial charge in [0.25, 0.3) is 0 Å². The van der Waals surface area contributed by atoms with Gasteiger partial charge in [-0.15, -0.1) is 13.2 Å². The van der Waals surface area contributed by atoms with Crippen LogP contribution in [0.4, 0.5) is 13.2 Å². The number of fused-ring (bicyclic) bond motifs is 1. The summed E-state index contributed by atoms with van der Waals surface area (Å²) in [5.41, 5.74) is 2.48. The van der Waals surface area contributed by atoms with Crippen LogP contribution in [0, 0.1) is 0 Å². The van der Waals surface area contributed by atoms with Crippen LogP contribution in [0.1, 0.15) is 0 Å². The second-order valence-corrected chi connectivity index (χ2v) is 5.75. The topological polar surface area (TPSA) is 35.0 Å². The van der Waals surface area contributed by atoms with Crippen molar-refractivity contribution in [1.82, 2.24) is 9.97 Å². The summed E-state index contributed by atoms with van der Waals surface area (Å²) >= 11 is 9.53. The Morgan fingerprint density at radius 1 is 1.00 bits per heavy atom. The van der Waals surface area contributed by atoms with Crippen molar-refractivity contribution in [2.24, 2.45) is 0 Å². The third-order valence-corrected chi connectivity index (χ3v) is 4.37. The number of benzene rings is 2. The highest BCUT2D eigenvalue weighted by atomic mass is 79.9. The average molecular weight is 404 g/mol. The molecule has 1 aromatic heterocycles. The fourth-order valence-corrected chi connectivity index (χ4v) is 2.73. The molecule has 0 unspecified atom stereocenters. The van der Waals surface area contributed by atoms with Crippen molar-refractivity contribution in [2.45, 2.75) is 6.36 Å². The summed E-state index contributed by atoms with van der Waals surface area (Å²) in [6.45, 7) is 0. The van der Waals surface area contributed by atoms with E-state index in [1.165, 1.54) is 36.7 Å². The van der Waals surface area contributed by atoms with E-state index in [4.69, 9.17) is 11.6 Å². The Hall–Kier alpha value is -1.86. The van der Waals surface area contributed by atoms with E-state index in [9.17, 15) is 13.2 Å². The van der Waals surface area contributed by atoms with Gasteiger partial charge in [0.05, 0.1) is 15.0 Å². The van der Waals surface area contributed by atoms with Crippen molar-refractivity contribution in [3.05, 3.63) is 52.2 Å². The molecule has 0 radical (unpaired) electrons. The zero-order valence-electron chi connectivity index (χ0n) is 11.2. The summed E-state index contributed by atoms with van der Waals surface area (Å²) in [4.78, 5) is 8.51. The molecule has 2 aromatic carbocycles. The van der Waals surface area contributed by atoms with Crippen molar-refractivity contribution >= 4 is 38.6 Å². The number of rotatable bonds is 2. The molecule has 3 aromatic rings. The van der Waals surface area contributed by atoms with Crippen molar-refractivity contribution in [2.75, 3.05) is 0 Å². The first-order valence-corrected chi connectivity index (χ1v) is 7.47. The number of nitrogens with zero attached hydrogens (tertiary/aromatic N) is 2. The van der Waals surface area contributed by atoms with Gasteiger partial charge in [0.15, 0.2) is 0 Å². The summed E-state index contributed by atoms with van der Waals surface area (Å²) in [6, 6.07) is 7.17. The SMILES string of the molecule is FC(F)(F)Oc1ccc(-c2cc(Cl)c(Br)c3nccnc23)cc1. The Labute approximate surface area is 142 Å². The molecule has 0 amide bonds. The van der Waals surface area contributed by atoms with Crippen LogP contribution in [0.2, 0.25) is 5.02 Å². The lowest BCUT2D eigenvalue weighted by molar-refractivity contribution is -0.274. The van der Waals surface area contributed by atoms with Gasteiger partial charge in [-0.1, -0.05) is 23.7 Å². The van der Waals surface area contributed by atoms with E-state index in [1.54, 1.807) is 6.07 Å². The predicted molar refractivity (Wildman–Crippen MR) is 84.4 cm³/mol. The molecule has 0 atom stereocenters. The average Bonchev–Trinajstić information content (AvgIpc) is 2.50. The van der Waals surface area contributed by atoms with Gasteiger partial charge in [0.1, 0.15) is 11.3 Å². The Kier molecular flexibility index (Phi) is 4.16. The minimum atomic E-state index is -4.72. The van der Waals surface area contributed by atoms with E-state index in [0.29, 0.717) is 31.7 Å². The van der Waals surface area contributed by atoms with E-state index < -0.39 is 6.36 Å². The highest BCUT2D eigenvalue weighted by molar-refractivity contribution is 9.10. The minimum Gasteiger partial charge on any atom is -0.406 e. The highest BCUT2D eigenvalue weighted by Gasteiger charge is 2.31. The summed E-state index contributed by atoms with van der Waals surface area (Å²) in [5.74, 6) is -0.292. The van der Waals surface area contributed by atoms with E-state index >= 15 is 0 Å². The summed E-state index contributed by atoms with van der Waals surface area (Å²) in [6.07, 6.45) is -1.65. The third kappa shape index (κ3) is 3.40. The van der Waals surface area contributed by atoms with Crippen molar-refractivity contribution in [1.29, 1.82) is 0 Å². The number of alkyl halides is 3. The minimum absolute atomic E-state index is 0.292. The van der Waals surface area contributed by atoms with Crippen molar-refractivity contribution in [3.8, 4) is 16.9 Å². The Morgan fingerprint density at radius 3 is 2.22 bits per heavy atom. The van der Waals surface area contributed by atoms with E-state index in [1.807, 2.05) is 0 Å². The number of aromatic nitrogens is 2. The molecular formula is C15H7BrClF3N2O. The number of hydrogen-bond donors (Lipinski definition) is 0. The van der Waals surface area contributed by atoms with Crippen molar-refractivity contribution < 1.29 is 17.9 Å². The lowest BCUT2D eigenvalue weighted by Crippen LogP contribution is -2.16. The maximum Gasteiger partial charge on any atom is 0.573 e. The largest absolute Gasteiger partial charge is 0.573 e. The van der Waals surface area contributed by atoms with Crippen LogP contribution in [0.15, 0.2) is 47.2 Å². The maximum absolute atomic E-state index is 12.2. The molecule has 0 aliphatic carbocycles. The van der Waals surface area contributed by atoms with Crippen molar-refractivity contribution in [3.63, 3.8) is 0 Å². The second kappa shape index (κ2) is 5.98. The molecule has 0 fully saturated rings. The molecule has 118 valence electrons. The number of halogens is 5. The molecule has 0 aliphatic rings. The molecule has 0 N–H and O–H groups in total. The van der Waals surface area contributed by atoms with Gasteiger partial charge in [-0.3, -0.25) is 9.97 Å². The fraction of sp³-hybridized carbons (Fsp3) is 0.0667. The van der Waals surface area contributed by atoms with Gasteiger partial charge in [0, 0.05) is 18.0 Å². The molecule has 8 heteroatoms. The highest BCUT2D eigenvalue weighted by Crippen LogP contribution is 2.37. The molecule has 1 heterocycles. The lowest BCUT2D eigenvalue weighted by Gasteiger charge is -2.11. The van der Waals surface area contributed by atoms with Gasteiger partial charge in [-0.2, -0.15) is 0 Å². The molecule has 3 nitrogen and oxygen atoms in total. The standard InChI is InChI=1S/C15H7BrClF3N2O/c16-12-11(17)7-10(13-14(12)22-6-5-21-13)8-1-3-9(4-2-8)23-15(18,19)20/h1-7H. The normalized spacial score (nSPS) is 11.7. The molecule has 0 saturated carbocycles. The lowest BCUT2D eigenvalue weighted by atomic mass is 10.0. The van der Waals surface area contributed by atoms with Crippen LogP contribution in [0.3, 0.4) is 0 Å². The van der Waals surface area contributed by atoms with Crippen LogP contribution in [0.5, 0.6) is 5.75 Å². The van der Waals surface area contributed by atoms with E-state index in [2.05, 4.69) is 30.6 Å². The maximum atomic E-state index is 12.2. The second-order valence-electron chi connectivity index (χ2n) is 4.55. The third-order valence-electron chi connectivity index (χ3n) is 3.04. The zero-order chi connectivity index (χ0) is 16.6. The van der Waals surface area contributed by atoms with Gasteiger partial charge in [-0.05, 0) is 39.7 Å². The first kappa shape index (κ1) is 16.0. The number of hydrogen-bond acceptors (Lipinski definition) is 3. The molecule has 0 spiro atoms. The van der Waals surface area contributed by atoms with Crippen LogP contribution in [-0.4, -0.2) is 16.3 Å². The zero-order valence-corrected chi connectivity index (χ0v) is 13.6. The Morgan fingerprint density at radius 2 is 1.61 bits per heavy atom. The van der Waals surface area contributed by atoms with E-state index in [0.717, 1.165) is 0 Å². The first-order valence-electron chi connectivity index (χ1n) is 6.30. The van der Waals surface area contributed by atoms with Crippen LogP contribution in [0.25, 0.3) is 22.2 Å².